The maximum absolute atomic E-state index is 13.2. The lowest BCUT2D eigenvalue weighted by molar-refractivity contribution is 0.618. The lowest BCUT2D eigenvalue weighted by Crippen LogP contribution is -1.99. The van der Waals surface area contributed by atoms with E-state index in [-0.39, 0.29) is 5.82 Å². The maximum Gasteiger partial charge on any atom is 0.126 e. The van der Waals surface area contributed by atoms with Crippen molar-refractivity contribution in [1.82, 2.24) is 9.78 Å². The predicted molar refractivity (Wildman–Crippen MR) is 82.0 cm³/mol. The lowest BCUT2D eigenvalue weighted by atomic mass is 10.2. The number of halogens is 1. The Balaban J connectivity index is 1.69. The molecule has 2 aromatic carbocycles. The fraction of sp³-hybridized carbons (Fsp3) is 0.118. The van der Waals surface area contributed by atoms with Crippen LogP contribution in [0, 0.1) is 12.7 Å². The molecule has 1 N–H and O–H groups in total. The maximum atomic E-state index is 13.2. The second-order valence-corrected chi connectivity index (χ2v) is 4.95. The number of anilines is 1. The summed E-state index contributed by atoms with van der Waals surface area (Å²) in [5.74, 6) is -0.183. The van der Waals surface area contributed by atoms with Crippen LogP contribution >= 0.6 is 0 Å². The van der Waals surface area contributed by atoms with Gasteiger partial charge in [-0.2, -0.15) is 5.10 Å². The summed E-state index contributed by atoms with van der Waals surface area (Å²) >= 11 is 0. The highest BCUT2D eigenvalue weighted by atomic mass is 19.1. The summed E-state index contributed by atoms with van der Waals surface area (Å²) in [5, 5.41) is 7.62. The van der Waals surface area contributed by atoms with Gasteiger partial charge < -0.3 is 5.32 Å². The summed E-state index contributed by atoms with van der Waals surface area (Å²) in [6.45, 7) is 2.41. The Morgan fingerprint density at radius 2 is 1.95 bits per heavy atom. The molecule has 0 unspecified atom stereocenters. The summed E-state index contributed by atoms with van der Waals surface area (Å²) in [7, 11) is 0. The van der Waals surface area contributed by atoms with Crippen molar-refractivity contribution in [3.8, 4) is 5.69 Å². The zero-order valence-electron chi connectivity index (χ0n) is 11.8. The number of hydrogen-bond donors (Lipinski definition) is 1. The molecule has 1 heterocycles. The van der Waals surface area contributed by atoms with Crippen molar-refractivity contribution in [2.75, 3.05) is 5.32 Å². The van der Waals surface area contributed by atoms with E-state index in [1.54, 1.807) is 19.1 Å². The number of hydrogen-bond acceptors (Lipinski definition) is 2. The van der Waals surface area contributed by atoms with E-state index in [0.29, 0.717) is 12.1 Å². The Kier molecular flexibility index (Phi) is 3.69. The fourth-order valence-corrected chi connectivity index (χ4v) is 2.13. The molecule has 0 radical (unpaired) electrons. The standard InChI is InChI=1S/C17H16FN3/c1-13-9-15(7-8-17(13)18)19-10-14-11-20-21(12-14)16-5-3-2-4-6-16/h2-9,11-12,19H,10H2,1H3. The molecule has 0 aliphatic heterocycles. The van der Waals surface area contributed by atoms with Gasteiger partial charge in [0.15, 0.2) is 0 Å². The van der Waals surface area contributed by atoms with Crippen molar-refractivity contribution < 1.29 is 4.39 Å². The highest BCUT2D eigenvalue weighted by Gasteiger charge is 2.02. The van der Waals surface area contributed by atoms with Crippen LogP contribution in [0.15, 0.2) is 60.9 Å². The van der Waals surface area contributed by atoms with Gasteiger partial charge in [0, 0.05) is 24.0 Å². The van der Waals surface area contributed by atoms with E-state index in [9.17, 15) is 4.39 Å². The van der Waals surface area contributed by atoms with Gasteiger partial charge in [-0.3, -0.25) is 0 Å². The van der Waals surface area contributed by atoms with Gasteiger partial charge in [-0.1, -0.05) is 18.2 Å². The average molecular weight is 281 g/mol. The first kappa shape index (κ1) is 13.4. The number of rotatable bonds is 4. The van der Waals surface area contributed by atoms with Crippen molar-refractivity contribution in [2.45, 2.75) is 13.5 Å². The van der Waals surface area contributed by atoms with Gasteiger partial charge >= 0.3 is 0 Å². The predicted octanol–water partition coefficient (Wildman–Crippen LogP) is 3.93. The number of aromatic nitrogens is 2. The van der Waals surface area contributed by atoms with Crippen LogP contribution in [0.4, 0.5) is 10.1 Å². The Labute approximate surface area is 123 Å². The zero-order valence-corrected chi connectivity index (χ0v) is 11.8. The van der Waals surface area contributed by atoms with Crippen molar-refractivity contribution in [2.24, 2.45) is 0 Å². The van der Waals surface area contributed by atoms with E-state index < -0.39 is 0 Å². The van der Waals surface area contributed by atoms with Gasteiger partial charge in [0.1, 0.15) is 5.82 Å². The van der Waals surface area contributed by atoms with E-state index in [0.717, 1.165) is 16.9 Å². The third-order valence-electron chi connectivity index (χ3n) is 3.31. The Hall–Kier alpha value is -2.62. The summed E-state index contributed by atoms with van der Waals surface area (Å²) in [4.78, 5) is 0. The second-order valence-electron chi connectivity index (χ2n) is 4.95. The highest BCUT2D eigenvalue weighted by molar-refractivity contribution is 5.46. The van der Waals surface area contributed by atoms with E-state index in [2.05, 4.69) is 10.4 Å². The van der Waals surface area contributed by atoms with Crippen molar-refractivity contribution in [3.63, 3.8) is 0 Å². The molecule has 4 heteroatoms. The largest absolute Gasteiger partial charge is 0.381 e. The number of para-hydroxylation sites is 1. The summed E-state index contributed by atoms with van der Waals surface area (Å²) < 4.78 is 15.1. The Bertz CT molecular complexity index is 735. The molecule has 1 aromatic heterocycles. The van der Waals surface area contributed by atoms with Crippen molar-refractivity contribution in [1.29, 1.82) is 0 Å². The Morgan fingerprint density at radius 3 is 2.71 bits per heavy atom. The average Bonchev–Trinajstić information content (AvgIpc) is 2.98. The second kappa shape index (κ2) is 5.79. The third kappa shape index (κ3) is 3.11. The Morgan fingerprint density at radius 1 is 1.14 bits per heavy atom. The van der Waals surface area contributed by atoms with Crippen LogP contribution in [0.5, 0.6) is 0 Å². The topological polar surface area (TPSA) is 29.9 Å². The molecule has 0 saturated heterocycles. The third-order valence-corrected chi connectivity index (χ3v) is 3.31. The molecule has 0 atom stereocenters. The smallest absolute Gasteiger partial charge is 0.126 e. The lowest BCUT2D eigenvalue weighted by Gasteiger charge is -2.06. The van der Waals surface area contributed by atoms with E-state index in [4.69, 9.17) is 0 Å². The SMILES string of the molecule is Cc1cc(NCc2cnn(-c3ccccc3)c2)ccc1F. The molecule has 0 fully saturated rings. The molecule has 21 heavy (non-hydrogen) atoms. The van der Waals surface area contributed by atoms with Crippen molar-refractivity contribution in [3.05, 3.63) is 77.9 Å². The molecule has 106 valence electrons. The molecular formula is C17H16FN3. The minimum atomic E-state index is -0.183. The first-order chi connectivity index (χ1) is 10.2. The molecule has 0 saturated carbocycles. The molecule has 3 aromatic rings. The van der Waals surface area contributed by atoms with Crippen LogP contribution in [0.2, 0.25) is 0 Å². The first-order valence-electron chi connectivity index (χ1n) is 6.81. The van der Waals surface area contributed by atoms with Crippen LogP contribution in [-0.4, -0.2) is 9.78 Å². The minimum Gasteiger partial charge on any atom is -0.381 e. The van der Waals surface area contributed by atoms with Crippen LogP contribution < -0.4 is 5.32 Å². The molecule has 0 amide bonds. The summed E-state index contributed by atoms with van der Waals surface area (Å²) in [6, 6.07) is 15.0. The van der Waals surface area contributed by atoms with Gasteiger partial charge in [0.2, 0.25) is 0 Å². The molecule has 0 aliphatic rings. The van der Waals surface area contributed by atoms with Crippen LogP contribution in [0.25, 0.3) is 5.69 Å². The highest BCUT2D eigenvalue weighted by Crippen LogP contribution is 2.15. The normalized spacial score (nSPS) is 10.6. The first-order valence-corrected chi connectivity index (χ1v) is 6.81. The quantitative estimate of drug-likeness (QED) is 0.785. The summed E-state index contributed by atoms with van der Waals surface area (Å²) in [5.41, 5.74) is 3.64. The van der Waals surface area contributed by atoms with Crippen molar-refractivity contribution >= 4 is 5.69 Å². The van der Waals surface area contributed by atoms with Gasteiger partial charge in [-0.25, -0.2) is 9.07 Å². The zero-order chi connectivity index (χ0) is 14.7. The van der Waals surface area contributed by atoms with E-state index in [1.165, 1.54) is 6.07 Å². The van der Waals surface area contributed by atoms with Crippen LogP contribution in [0.3, 0.4) is 0 Å². The molecule has 0 bridgehead atoms. The number of aryl methyl sites for hydroxylation is 1. The van der Waals surface area contributed by atoms with E-state index >= 15 is 0 Å². The van der Waals surface area contributed by atoms with Gasteiger partial charge in [0.25, 0.3) is 0 Å². The van der Waals surface area contributed by atoms with Gasteiger partial charge in [-0.15, -0.1) is 0 Å². The molecule has 0 spiro atoms. The molecule has 3 nitrogen and oxygen atoms in total. The van der Waals surface area contributed by atoms with E-state index in [1.807, 2.05) is 47.4 Å². The molecule has 0 aliphatic carbocycles. The van der Waals surface area contributed by atoms with Crippen LogP contribution in [0.1, 0.15) is 11.1 Å². The minimum absolute atomic E-state index is 0.183. The fourth-order valence-electron chi connectivity index (χ4n) is 2.13. The monoisotopic (exact) mass is 281 g/mol. The van der Waals surface area contributed by atoms with Gasteiger partial charge in [-0.05, 0) is 42.8 Å². The summed E-state index contributed by atoms with van der Waals surface area (Å²) in [6.07, 6.45) is 3.81. The molecular weight excluding hydrogens is 265 g/mol. The number of benzene rings is 2. The van der Waals surface area contributed by atoms with Crippen LogP contribution in [-0.2, 0) is 6.54 Å². The number of nitrogens with one attached hydrogen (secondary N) is 1. The van der Waals surface area contributed by atoms with Gasteiger partial charge in [0.05, 0.1) is 11.9 Å². The number of nitrogens with zero attached hydrogens (tertiary/aromatic N) is 2. The molecule has 3 rings (SSSR count).